The van der Waals surface area contributed by atoms with E-state index in [9.17, 15) is 9.59 Å². The van der Waals surface area contributed by atoms with Crippen LogP contribution in [0.25, 0.3) is 0 Å². The number of hydrogen-bond donors (Lipinski definition) is 1. The van der Waals surface area contributed by atoms with Gasteiger partial charge in [-0.05, 0) is 24.6 Å². The van der Waals surface area contributed by atoms with E-state index in [0.717, 1.165) is 19.6 Å². The van der Waals surface area contributed by atoms with Crippen molar-refractivity contribution in [2.75, 3.05) is 47.0 Å². The number of methoxy groups -OCH3 is 2. The van der Waals surface area contributed by atoms with Crippen molar-refractivity contribution in [3.63, 3.8) is 0 Å². The summed E-state index contributed by atoms with van der Waals surface area (Å²) in [6, 6.07) is 11.7. The molecule has 2 amide bonds. The van der Waals surface area contributed by atoms with Gasteiger partial charge in [0, 0.05) is 38.3 Å². The zero-order valence-electron chi connectivity index (χ0n) is 18.2. The van der Waals surface area contributed by atoms with Crippen LogP contribution in [0.2, 0.25) is 0 Å². The van der Waals surface area contributed by atoms with Crippen molar-refractivity contribution in [1.29, 1.82) is 0 Å². The summed E-state index contributed by atoms with van der Waals surface area (Å²) in [6.45, 7) is 5.51. The molecular weight excluding hydrogens is 398 g/mol. The maximum absolute atomic E-state index is 13.1. The van der Waals surface area contributed by atoms with Crippen LogP contribution in [-0.4, -0.2) is 68.6 Å². The quantitative estimate of drug-likeness (QED) is 0.691. The van der Waals surface area contributed by atoms with Crippen LogP contribution in [0.3, 0.4) is 0 Å². The van der Waals surface area contributed by atoms with E-state index in [4.69, 9.17) is 19.9 Å². The summed E-state index contributed by atoms with van der Waals surface area (Å²) in [5.74, 6) is 0.133. The zero-order chi connectivity index (χ0) is 22.4. The van der Waals surface area contributed by atoms with Gasteiger partial charge in [0.2, 0.25) is 5.75 Å². The molecule has 3 rings (SSSR count). The molecule has 8 nitrogen and oxygen atoms in total. The third-order valence-corrected chi connectivity index (χ3v) is 5.21. The highest BCUT2D eigenvalue weighted by molar-refractivity contribution is 5.95. The van der Waals surface area contributed by atoms with Gasteiger partial charge >= 0.3 is 0 Å². The molecular formula is C23H29N3O5. The summed E-state index contributed by atoms with van der Waals surface area (Å²) in [5, 5.41) is 0. The van der Waals surface area contributed by atoms with Crippen LogP contribution in [0.4, 0.5) is 0 Å². The predicted octanol–water partition coefficient (Wildman–Crippen LogP) is 1.83. The molecule has 1 heterocycles. The lowest BCUT2D eigenvalue weighted by atomic mass is 10.1. The molecule has 1 aliphatic heterocycles. The van der Waals surface area contributed by atoms with Crippen molar-refractivity contribution in [3.8, 4) is 17.2 Å². The molecule has 0 spiro atoms. The Bertz CT molecular complexity index is 914. The van der Waals surface area contributed by atoms with Gasteiger partial charge in [-0.25, -0.2) is 0 Å². The zero-order valence-corrected chi connectivity index (χ0v) is 18.2. The molecule has 0 aliphatic carbocycles. The number of carbonyl (C=O) groups is 2. The maximum atomic E-state index is 13.1. The van der Waals surface area contributed by atoms with E-state index in [2.05, 4.69) is 36.1 Å². The molecule has 2 aromatic rings. The second kappa shape index (κ2) is 10.2. The largest absolute Gasteiger partial charge is 0.493 e. The summed E-state index contributed by atoms with van der Waals surface area (Å²) < 4.78 is 16.1. The molecule has 166 valence electrons. The Morgan fingerprint density at radius 1 is 1.00 bits per heavy atom. The topological polar surface area (TPSA) is 94.3 Å². The highest BCUT2D eigenvalue weighted by Crippen LogP contribution is 2.39. The number of nitrogens with two attached hydrogens (primary N) is 1. The van der Waals surface area contributed by atoms with Crippen LogP contribution in [0.1, 0.15) is 21.5 Å². The highest BCUT2D eigenvalue weighted by Gasteiger charge is 2.25. The third-order valence-electron chi connectivity index (χ3n) is 5.21. The SMILES string of the molecule is COc1cc(C(=O)N2CCN(Cc3cccc(C)c3)CC2)cc(OC)c1OCC(N)=O. The van der Waals surface area contributed by atoms with E-state index in [0.29, 0.717) is 30.2 Å². The van der Waals surface area contributed by atoms with Gasteiger partial charge < -0.3 is 24.8 Å². The molecule has 0 saturated carbocycles. The summed E-state index contributed by atoms with van der Waals surface area (Å²) >= 11 is 0. The van der Waals surface area contributed by atoms with Crippen molar-refractivity contribution < 1.29 is 23.8 Å². The average Bonchev–Trinajstić information content (AvgIpc) is 2.77. The molecule has 1 fully saturated rings. The van der Waals surface area contributed by atoms with E-state index >= 15 is 0 Å². The number of carbonyl (C=O) groups excluding carboxylic acids is 2. The first-order chi connectivity index (χ1) is 14.9. The highest BCUT2D eigenvalue weighted by atomic mass is 16.5. The smallest absolute Gasteiger partial charge is 0.255 e. The van der Waals surface area contributed by atoms with E-state index in [1.807, 2.05) is 4.90 Å². The van der Waals surface area contributed by atoms with E-state index < -0.39 is 5.91 Å². The van der Waals surface area contributed by atoms with Gasteiger partial charge in [0.15, 0.2) is 18.1 Å². The number of amides is 2. The molecule has 1 saturated heterocycles. The Balaban J connectivity index is 1.68. The molecule has 0 radical (unpaired) electrons. The van der Waals surface area contributed by atoms with Crippen molar-refractivity contribution in [2.24, 2.45) is 5.73 Å². The normalized spacial score (nSPS) is 14.2. The molecule has 0 unspecified atom stereocenters. The fraction of sp³-hybridized carbons (Fsp3) is 0.391. The summed E-state index contributed by atoms with van der Waals surface area (Å²) in [7, 11) is 2.93. The first-order valence-electron chi connectivity index (χ1n) is 10.2. The first-order valence-corrected chi connectivity index (χ1v) is 10.2. The lowest BCUT2D eigenvalue weighted by Gasteiger charge is -2.35. The van der Waals surface area contributed by atoms with Crippen LogP contribution in [-0.2, 0) is 11.3 Å². The van der Waals surface area contributed by atoms with Gasteiger partial charge in [-0.15, -0.1) is 0 Å². The minimum atomic E-state index is -0.618. The first kappa shape index (κ1) is 22.4. The second-order valence-electron chi connectivity index (χ2n) is 7.52. The Kier molecular flexibility index (Phi) is 7.36. The van der Waals surface area contributed by atoms with Gasteiger partial charge in [-0.1, -0.05) is 29.8 Å². The predicted molar refractivity (Wildman–Crippen MR) is 117 cm³/mol. The Morgan fingerprint density at radius 3 is 2.19 bits per heavy atom. The van der Waals surface area contributed by atoms with Gasteiger partial charge in [-0.2, -0.15) is 0 Å². The number of rotatable bonds is 8. The van der Waals surface area contributed by atoms with Crippen LogP contribution in [0.5, 0.6) is 17.2 Å². The fourth-order valence-corrected chi connectivity index (χ4v) is 3.65. The molecule has 0 bridgehead atoms. The van der Waals surface area contributed by atoms with Crippen LogP contribution >= 0.6 is 0 Å². The van der Waals surface area contributed by atoms with Gasteiger partial charge in [0.25, 0.3) is 11.8 Å². The molecule has 0 atom stereocenters. The lowest BCUT2D eigenvalue weighted by Crippen LogP contribution is -2.48. The standard InChI is InChI=1S/C23H29N3O5/c1-16-5-4-6-17(11-16)14-25-7-9-26(10-8-25)23(28)18-12-19(29-2)22(20(13-18)30-3)31-15-21(24)27/h4-6,11-13H,7-10,14-15H2,1-3H3,(H2,24,27). The molecule has 2 N–H and O–H groups in total. The monoisotopic (exact) mass is 427 g/mol. The van der Waals surface area contributed by atoms with Crippen molar-refractivity contribution in [1.82, 2.24) is 9.80 Å². The number of nitrogens with zero attached hydrogens (tertiary/aromatic N) is 2. The van der Waals surface area contributed by atoms with Gasteiger partial charge in [-0.3, -0.25) is 14.5 Å². The average molecular weight is 428 g/mol. The molecule has 0 aromatic heterocycles. The number of piperazine rings is 1. The number of hydrogen-bond acceptors (Lipinski definition) is 6. The van der Waals surface area contributed by atoms with Crippen LogP contribution in [0.15, 0.2) is 36.4 Å². The molecule has 31 heavy (non-hydrogen) atoms. The van der Waals surface area contributed by atoms with E-state index in [-0.39, 0.29) is 18.3 Å². The summed E-state index contributed by atoms with van der Waals surface area (Å²) in [5.41, 5.74) is 8.12. The van der Waals surface area contributed by atoms with E-state index in [1.165, 1.54) is 25.3 Å². The minimum absolute atomic E-state index is 0.103. The second-order valence-corrected chi connectivity index (χ2v) is 7.52. The Morgan fingerprint density at radius 2 is 1.65 bits per heavy atom. The molecule has 8 heteroatoms. The van der Waals surface area contributed by atoms with Gasteiger partial charge in [0.1, 0.15) is 0 Å². The molecule has 1 aliphatic rings. The third kappa shape index (κ3) is 5.67. The van der Waals surface area contributed by atoms with E-state index in [1.54, 1.807) is 12.1 Å². The van der Waals surface area contributed by atoms with Crippen LogP contribution in [0, 0.1) is 6.92 Å². The number of aryl methyl sites for hydroxylation is 1. The van der Waals surface area contributed by atoms with Crippen molar-refractivity contribution in [3.05, 3.63) is 53.1 Å². The summed E-state index contributed by atoms with van der Waals surface area (Å²) in [6.07, 6.45) is 0. The fourth-order valence-electron chi connectivity index (χ4n) is 3.65. The molecule has 2 aromatic carbocycles. The summed E-state index contributed by atoms with van der Waals surface area (Å²) in [4.78, 5) is 28.3. The number of primary amides is 1. The Hall–Kier alpha value is -3.26. The number of benzene rings is 2. The minimum Gasteiger partial charge on any atom is -0.493 e. The number of ether oxygens (including phenoxy) is 3. The van der Waals surface area contributed by atoms with Gasteiger partial charge in [0.05, 0.1) is 14.2 Å². The Labute approximate surface area is 182 Å². The van der Waals surface area contributed by atoms with Crippen molar-refractivity contribution >= 4 is 11.8 Å². The van der Waals surface area contributed by atoms with Crippen LogP contribution < -0.4 is 19.9 Å². The maximum Gasteiger partial charge on any atom is 0.255 e. The van der Waals surface area contributed by atoms with Crippen molar-refractivity contribution in [2.45, 2.75) is 13.5 Å². The lowest BCUT2D eigenvalue weighted by molar-refractivity contribution is -0.120.